The summed E-state index contributed by atoms with van der Waals surface area (Å²) in [6, 6.07) is 1.93. The number of nitro groups is 1. The smallest absolute Gasteiger partial charge is 0.293 e. The molecule has 92 valence electrons. The average Bonchev–Trinajstić information content (AvgIpc) is 2.25. The molecule has 0 spiro atoms. The van der Waals surface area contributed by atoms with Gasteiger partial charge in [0.05, 0.1) is 18.1 Å². The molecule has 0 amide bonds. The molecule has 1 aromatic rings. The van der Waals surface area contributed by atoms with E-state index in [-0.39, 0.29) is 12.0 Å². The van der Waals surface area contributed by atoms with Crippen LogP contribution >= 0.6 is 10.7 Å². The molecular formula is C8H6ClNO6S. The number of nitrogens with zero attached hydrogens (tertiary/aromatic N) is 1. The lowest BCUT2D eigenvalue weighted by Gasteiger charge is -2.05. The molecule has 0 saturated heterocycles. The fourth-order valence-corrected chi connectivity index (χ4v) is 2.49. The quantitative estimate of drug-likeness (QED) is 0.356. The number of aldehydes is 1. The normalized spacial score (nSPS) is 10.9. The Kier molecular flexibility index (Phi) is 3.69. The van der Waals surface area contributed by atoms with Crippen LogP contribution in [0.15, 0.2) is 17.0 Å². The molecule has 1 aromatic carbocycles. The fraction of sp³-hybridized carbons (Fsp3) is 0.125. The first kappa shape index (κ1) is 13.4. The van der Waals surface area contributed by atoms with E-state index in [0.29, 0.717) is 0 Å². The molecule has 17 heavy (non-hydrogen) atoms. The third kappa shape index (κ3) is 2.71. The van der Waals surface area contributed by atoms with E-state index in [1.807, 2.05) is 0 Å². The zero-order valence-electron chi connectivity index (χ0n) is 8.41. The number of nitro benzene ring substituents is 1. The standard InChI is InChI=1S/C8H6ClNO6S/c1-16-6-2-5(4-11)8(17(9,14)15)7(3-6)10(12)13/h2-4H,1H3. The molecule has 0 aliphatic heterocycles. The molecule has 0 N–H and O–H groups in total. The molecule has 0 radical (unpaired) electrons. The number of methoxy groups -OCH3 is 1. The number of ether oxygens (including phenoxy) is 1. The third-order valence-electron chi connectivity index (χ3n) is 1.87. The number of carbonyl (C=O) groups is 1. The lowest BCUT2D eigenvalue weighted by Crippen LogP contribution is -2.04. The Hall–Kier alpha value is -1.67. The molecule has 0 fully saturated rings. The second kappa shape index (κ2) is 4.68. The summed E-state index contributed by atoms with van der Waals surface area (Å²) in [4.78, 5) is 19.6. The Morgan fingerprint density at radius 2 is 2.06 bits per heavy atom. The average molecular weight is 280 g/mol. The number of rotatable bonds is 4. The Balaban J connectivity index is 3.77. The predicted molar refractivity (Wildman–Crippen MR) is 58.1 cm³/mol. The van der Waals surface area contributed by atoms with E-state index in [9.17, 15) is 23.3 Å². The molecule has 0 aliphatic carbocycles. The monoisotopic (exact) mass is 279 g/mol. The molecule has 9 heteroatoms. The van der Waals surface area contributed by atoms with Crippen LogP contribution < -0.4 is 4.74 Å². The van der Waals surface area contributed by atoms with E-state index in [4.69, 9.17) is 15.4 Å². The van der Waals surface area contributed by atoms with Crippen LogP contribution in [0, 0.1) is 10.1 Å². The van der Waals surface area contributed by atoms with Crippen molar-refractivity contribution in [2.24, 2.45) is 0 Å². The summed E-state index contributed by atoms with van der Waals surface area (Å²) in [5, 5.41) is 10.7. The van der Waals surface area contributed by atoms with Gasteiger partial charge in [-0.1, -0.05) is 0 Å². The lowest BCUT2D eigenvalue weighted by molar-refractivity contribution is -0.387. The number of hydrogen-bond donors (Lipinski definition) is 0. The predicted octanol–water partition coefficient (Wildman–Crippen LogP) is 1.34. The number of benzene rings is 1. The van der Waals surface area contributed by atoms with Crippen LogP contribution in [0.2, 0.25) is 0 Å². The van der Waals surface area contributed by atoms with Gasteiger partial charge in [0.2, 0.25) is 0 Å². The summed E-state index contributed by atoms with van der Waals surface area (Å²) in [5.74, 6) is -0.0112. The fourth-order valence-electron chi connectivity index (χ4n) is 1.22. The Morgan fingerprint density at radius 3 is 2.41 bits per heavy atom. The summed E-state index contributed by atoms with van der Waals surface area (Å²) < 4.78 is 27.1. The molecule has 0 unspecified atom stereocenters. The van der Waals surface area contributed by atoms with Crippen LogP contribution in [0.4, 0.5) is 5.69 Å². The van der Waals surface area contributed by atoms with Crippen molar-refractivity contribution in [2.75, 3.05) is 7.11 Å². The minimum atomic E-state index is -4.40. The van der Waals surface area contributed by atoms with Gasteiger partial charge < -0.3 is 4.74 Å². The van der Waals surface area contributed by atoms with Gasteiger partial charge in [0.1, 0.15) is 5.75 Å². The van der Waals surface area contributed by atoms with Crippen LogP contribution in [0.25, 0.3) is 0 Å². The maximum absolute atomic E-state index is 11.2. The number of halogens is 1. The van der Waals surface area contributed by atoms with E-state index in [0.717, 1.165) is 12.1 Å². The van der Waals surface area contributed by atoms with Crippen molar-refractivity contribution < 1.29 is 22.9 Å². The summed E-state index contributed by atoms with van der Waals surface area (Å²) >= 11 is 0. The van der Waals surface area contributed by atoms with Gasteiger partial charge in [-0.05, 0) is 6.07 Å². The van der Waals surface area contributed by atoms with Crippen molar-refractivity contribution in [3.05, 3.63) is 27.8 Å². The summed E-state index contributed by atoms with van der Waals surface area (Å²) in [5.41, 5.74) is -1.23. The van der Waals surface area contributed by atoms with Gasteiger partial charge in [-0.25, -0.2) is 8.42 Å². The van der Waals surface area contributed by atoms with Crippen molar-refractivity contribution in [1.29, 1.82) is 0 Å². The molecule has 1 rings (SSSR count). The first-order chi connectivity index (χ1) is 7.81. The second-order valence-electron chi connectivity index (χ2n) is 2.88. The molecule has 0 aliphatic rings. The van der Waals surface area contributed by atoms with E-state index >= 15 is 0 Å². The van der Waals surface area contributed by atoms with Crippen molar-refractivity contribution in [2.45, 2.75) is 4.90 Å². The number of hydrogen-bond acceptors (Lipinski definition) is 6. The Bertz CT molecular complexity index is 582. The number of carbonyl (C=O) groups excluding carboxylic acids is 1. The molecule has 0 aromatic heterocycles. The van der Waals surface area contributed by atoms with E-state index < -0.39 is 30.1 Å². The first-order valence-corrected chi connectivity index (χ1v) is 6.38. The highest BCUT2D eigenvalue weighted by Gasteiger charge is 2.29. The van der Waals surface area contributed by atoms with Gasteiger partial charge in [0, 0.05) is 16.2 Å². The molecule has 0 saturated carbocycles. The molecule has 7 nitrogen and oxygen atoms in total. The Morgan fingerprint density at radius 1 is 1.47 bits per heavy atom. The third-order valence-corrected chi connectivity index (χ3v) is 3.27. The molecule has 0 bridgehead atoms. The van der Waals surface area contributed by atoms with E-state index in [2.05, 4.69) is 0 Å². The molecule has 0 heterocycles. The second-order valence-corrected chi connectivity index (χ2v) is 5.38. The van der Waals surface area contributed by atoms with Gasteiger partial charge in [0.15, 0.2) is 11.2 Å². The molecular weight excluding hydrogens is 274 g/mol. The topological polar surface area (TPSA) is 104 Å². The van der Waals surface area contributed by atoms with Crippen LogP contribution in [0.3, 0.4) is 0 Å². The van der Waals surface area contributed by atoms with Gasteiger partial charge in [-0.15, -0.1) is 0 Å². The van der Waals surface area contributed by atoms with E-state index in [1.54, 1.807) is 0 Å². The highest BCUT2D eigenvalue weighted by Crippen LogP contribution is 2.33. The van der Waals surface area contributed by atoms with Crippen molar-refractivity contribution in [3.8, 4) is 5.75 Å². The minimum absolute atomic E-state index is 0.0112. The summed E-state index contributed by atoms with van der Waals surface area (Å²) in [6.45, 7) is 0. The van der Waals surface area contributed by atoms with Crippen LogP contribution in [-0.4, -0.2) is 26.7 Å². The summed E-state index contributed by atoms with van der Waals surface area (Å²) in [7, 11) is 1.88. The van der Waals surface area contributed by atoms with Gasteiger partial charge in [-0.3, -0.25) is 14.9 Å². The van der Waals surface area contributed by atoms with Crippen LogP contribution in [-0.2, 0) is 9.05 Å². The largest absolute Gasteiger partial charge is 0.496 e. The lowest BCUT2D eigenvalue weighted by atomic mass is 10.2. The van der Waals surface area contributed by atoms with Crippen LogP contribution in [0.1, 0.15) is 10.4 Å². The van der Waals surface area contributed by atoms with Crippen molar-refractivity contribution in [3.63, 3.8) is 0 Å². The Labute approximate surface area is 101 Å². The van der Waals surface area contributed by atoms with Gasteiger partial charge >= 0.3 is 0 Å². The van der Waals surface area contributed by atoms with Crippen molar-refractivity contribution >= 4 is 31.7 Å². The zero-order chi connectivity index (χ0) is 13.2. The van der Waals surface area contributed by atoms with Gasteiger partial charge in [0.25, 0.3) is 14.7 Å². The zero-order valence-corrected chi connectivity index (χ0v) is 9.99. The molecule has 0 atom stereocenters. The maximum Gasteiger partial charge on any atom is 0.293 e. The highest BCUT2D eigenvalue weighted by atomic mass is 35.7. The van der Waals surface area contributed by atoms with E-state index in [1.165, 1.54) is 7.11 Å². The van der Waals surface area contributed by atoms with Gasteiger partial charge in [-0.2, -0.15) is 0 Å². The highest BCUT2D eigenvalue weighted by molar-refractivity contribution is 8.14. The van der Waals surface area contributed by atoms with Crippen molar-refractivity contribution in [1.82, 2.24) is 0 Å². The minimum Gasteiger partial charge on any atom is -0.496 e. The summed E-state index contributed by atoms with van der Waals surface area (Å²) in [6.07, 6.45) is 0.158. The maximum atomic E-state index is 11.2. The first-order valence-electron chi connectivity index (χ1n) is 4.07. The van der Waals surface area contributed by atoms with Crippen LogP contribution in [0.5, 0.6) is 5.75 Å². The SMILES string of the molecule is COc1cc(C=O)c(S(=O)(=O)Cl)c([N+](=O)[O-])c1.